The molecule has 1 atom stereocenters. The minimum absolute atomic E-state index is 0.0419. The lowest BCUT2D eigenvalue weighted by Gasteiger charge is -2.24. The first-order valence-electron chi connectivity index (χ1n) is 10.5. The third-order valence-corrected chi connectivity index (χ3v) is 5.55. The van der Waals surface area contributed by atoms with Gasteiger partial charge < -0.3 is 9.88 Å². The Morgan fingerprint density at radius 1 is 1.03 bits per heavy atom. The van der Waals surface area contributed by atoms with Crippen LogP contribution in [0.15, 0.2) is 71.5 Å². The van der Waals surface area contributed by atoms with Gasteiger partial charge in [0.2, 0.25) is 5.91 Å². The maximum absolute atomic E-state index is 13.2. The molecule has 0 spiro atoms. The molecule has 1 aliphatic carbocycles. The number of aromatic nitrogens is 1. The van der Waals surface area contributed by atoms with Crippen molar-refractivity contribution in [2.45, 2.75) is 51.6 Å². The third-order valence-electron chi connectivity index (χ3n) is 5.55. The van der Waals surface area contributed by atoms with Gasteiger partial charge in [0.1, 0.15) is 0 Å². The number of hydrogen-bond acceptors (Lipinski definition) is 2. The fourth-order valence-corrected chi connectivity index (χ4v) is 4.29. The van der Waals surface area contributed by atoms with E-state index in [9.17, 15) is 9.59 Å². The lowest BCUT2D eigenvalue weighted by atomic mass is 9.98. The van der Waals surface area contributed by atoms with Crippen LogP contribution >= 0.6 is 0 Å². The highest BCUT2D eigenvalue weighted by atomic mass is 16.2. The molecule has 1 aromatic heterocycles. The van der Waals surface area contributed by atoms with Crippen LogP contribution in [-0.4, -0.2) is 16.0 Å². The second-order valence-electron chi connectivity index (χ2n) is 9.02. The third kappa shape index (κ3) is 4.09. The second-order valence-corrected chi connectivity index (χ2v) is 9.02. The molecule has 0 radical (unpaired) electrons. The molecular weight excluding hydrogens is 372 g/mol. The van der Waals surface area contributed by atoms with Crippen molar-refractivity contribution >= 4 is 5.91 Å². The van der Waals surface area contributed by atoms with Gasteiger partial charge >= 0.3 is 0 Å². The summed E-state index contributed by atoms with van der Waals surface area (Å²) >= 11 is 0. The van der Waals surface area contributed by atoms with Crippen LogP contribution in [-0.2, 0) is 17.8 Å². The number of nitrogens with zero attached hydrogens (tertiary/aromatic N) is 1. The molecule has 4 heteroatoms. The van der Waals surface area contributed by atoms with E-state index in [2.05, 4.69) is 22.0 Å². The number of benzene rings is 2. The lowest BCUT2D eigenvalue weighted by Crippen LogP contribution is -2.43. The molecule has 0 saturated carbocycles. The van der Waals surface area contributed by atoms with Gasteiger partial charge in [-0.2, -0.15) is 0 Å². The fourth-order valence-electron chi connectivity index (χ4n) is 4.29. The summed E-state index contributed by atoms with van der Waals surface area (Å²) in [6.07, 6.45) is 1.39. The zero-order valence-corrected chi connectivity index (χ0v) is 17.8. The molecule has 1 N–H and O–H groups in total. The Labute approximate surface area is 177 Å². The number of carbonyl (C=O) groups is 1. The van der Waals surface area contributed by atoms with Crippen molar-refractivity contribution in [1.82, 2.24) is 9.88 Å². The van der Waals surface area contributed by atoms with Crippen LogP contribution in [0.5, 0.6) is 0 Å². The highest BCUT2D eigenvalue weighted by molar-refractivity contribution is 5.85. The van der Waals surface area contributed by atoms with Gasteiger partial charge in [0.25, 0.3) is 0 Å². The zero-order chi connectivity index (χ0) is 21.3. The molecule has 0 fully saturated rings. The number of rotatable bonds is 4. The minimum Gasteiger partial charge on any atom is -0.351 e. The van der Waals surface area contributed by atoms with E-state index in [1.807, 2.05) is 69.3 Å². The maximum Gasteiger partial charge on any atom is 0.228 e. The van der Waals surface area contributed by atoms with Crippen molar-refractivity contribution in [1.29, 1.82) is 0 Å². The number of hydrogen-bond donors (Lipinski definition) is 1. The molecule has 0 aliphatic heterocycles. The van der Waals surface area contributed by atoms with Crippen molar-refractivity contribution in [3.8, 4) is 11.3 Å². The van der Waals surface area contributed by atoms with E-state index in [0.717, 1.165) is 23.4 Å². The SMILES string of the molecule is CC(C)(C)NC(=O)C1CCc2c1c(=O)cc(-c1ccccc1)n2Cc1ccccc1. The van der Waals surface area contributed by atoms with E-state index in [0.29, 0.717) is 18.5 Å². The van der Waals surface area contributed by atoms with Gasteiger partial charge in [-0.15, -0.1) is 0 Å². The molecule has 1 heterocycles. The Balaban J connectivity index is 1.85. The number of carbonyl (C=O) groups excluding carboxylic acids is 1. The first kappa shape index (κ1) is 20.1. The maximum atomic E-state index is 13.2. The van der Waals surface area contributed by atoms with Crippen molar-refractivity contribution in [2.75, 3.05) is 0 Å². The topological polar surface area (TPSA) is 51.1 Å². The average Bonchev–Trinajstić information content (AvgIpc) is 3.16. The fraction of sp³-hybridized carbons (Fsp3) is 0.308. The summed E-state index contributed by atoms with van der Waals surface area (Å²) in [5.41, 5.74) is 4.36. The first-order valence-corrected chi connectivity index (χ1v) is 10.5. The first-order chi connectivity index (χ1) is 14.3. The average molecular weight is 401 g/mol. The van der Waals surface area contributed by atoms with Crippen molar-refractivity contribution < 1.29 is 4.79 Å². The summed E-state index contributed by atoms with van der Waals surface area (Å²) in [7, 11) is 0. The van der Waals surface area contributed by atoms with Crippen molar-refractivity contribution in [3.63, 3.8) is 0 Å². The molecule has 154 valence electrons. The molecule has 0 saturated heterocycles. The van der Waals surface area contributed by atoms with Crippen molar-refractivity contribution in [2.24, 2.45) is 0 Å². The van der Waals surface area contributed by atoms with Crippen LogP contribution in [0.2, 0.25) is 0 Å². The van der Waals surface area contributed by atoms with Gasteiger partial charge in [-0.05, 0) is 44.7 Å². The van der Waals surface area contributed by atoms with Gasteiger partial charge in [-0.1, -0.05) is 60.7 Å². The predicted octanol–water partition coefficient (Wildman–Crippen LogP) is 4.51. The lowest BCUT2D eigenvalue weighted by molar-refractivity contribution is -0.123. The number of pyridine rings is 1. The summed E-state index contributed by atoms with van der Waals surface area (Å²) in [4.78, 5) is 26.1. The van der Waals surface area contributed by atoms with E-state index < -0.39 is 5.92 Å². The summed E-state index contributed by atoms with van der Waals surface area (Å²) in [6.45, 7) is 6.56. The minimum atomic E-state index is -0.390. The van der Waals surface area contributed by atoms with E-state index in [1.165, 1.54) is 5.56 Å². The highest BCUT2D eigenvalue weighted by Gasteiger charge is 2.35. The van der Waals surface area contributed by atoms with E-state index in [1.54, 1.807) is 6.07 Å². The molecule has 1 unspecified atom stereocenters. The predicted molar refractivity (Wildman–Crippen MR) is 121 cm³/mol. The molecule has 1 aliphatic rings. The van der Waals surface area contributed by atoms with E-state index in [-0.39, 0.29) is 16.9 Å². The Morgan fingerprint density at radius 3 is 2.30 bits per heavy atom. The van der Waals surface area contributed by atoms with Crippen LogP contribution in [0.3, 0.4) is 0 Å². The molecule has 0 bridgehead atoms. The number of fused-ring (bicyclic) bond motifs is 1. The molecule has 4 nitrogen and oxygen atoms in total. The number of nitrogens with one attached hydrogen (secondary N) is 1. The monoisotopic (exact) mass is 400 g/mol. The molecule has 3 aromatic rings. The summed E-state index contributed by atoms with van der Waals surface area (Å²) in [6, 6.07) is 22.0. The molecule has 30 heavy (non-hydrogen) atoms. The Hall–Kier alpha value is -3.14. The Bertz CT molecular complexity index is 1110. The largest absolute Gasteiger partial charge is 0.351 e. The van der Waals surface area contributed by atoms with Gasteiger partial charge in [-0.3, -0.25) is 9.59 Å². The standard InChI is InChI=1S/C26H28N2O2/c1-26(2,3)27-25(30)20-14-15-21-24(20)23(29)16-22(19-12-8-5-9-13-19)28(21)17-18-10-6-4-7-11-18/h4-13,16,20H,14-15,17H2,1-3H3,(H,27,30). The van der Waals surface area contributed by atoms with Gasteiger partial charge in [0.05, 0.1) is 11.6 Å². The quantitative estimate of drug-likeness (QED) is 0.701. The Kier molecular flexibility index (Phi) is 5.33. The molecule has 2 aromatic carbocycles. The van der Waals surface area contributed by atoms with Gasteiger partial charge in [-0.25, -0.2) is 0 Å². The van der Waals surface area contributed by atoms with Crippen LogP contribution < -0.4 is 10.7 Å². The summed E-state index contributed by atoms with van der Waals surface area (Å²) in [5, 5.41) is 3.06. The van der Waals surface area contributed by atoms with Crippen molar-refractivity contribution in [3.05, 3.63) is 93.8 Å². The molecule has 4 rings (SSSR count). The summed E-state index contributed by atoms with van der Waals surface area (Å²) in [5.74, 6) is -0.448. The van der Waals surface area contributed by atoms with E-state index >= 15 is 0 Å². The van der Waals surface area contributed by atoms with Crippen LogP contribution in [0.4, 0.5) is 0 Å². The van der Waals surface area contributed by atoms with Crippen LogP contribution in [0, 0.1) is 0 Å². The normalized spacial score (nSPS) is 15.6. The molecular formula is C26H28N2O2. The second kappa shape index (κ2) is 7.94. The smallest absolute Gasteiger partial charge is 0.228 e. The van der Waals surface area contributed by atoms with Crippen LogP contribution in [0.1, 0.15) is 49.9 Å². The number of amides is 1. The Morgan fingerprint density at radius 2 is 1.67 bits per heavy atom. The van der Waals surface area contributed by atoms with E-state index in [4.69, 9.17) is 0 Å². The molecule has 1 amide bonds. The van der Waals surface area contributed by atoms with Gasteiger partial charge in [0, 0.05) is 29.4 Å². The highest BCUT2D eigenvalue weighted by Crippen LogP contribution is 2.34. The van der Waals surface area contributed by atoms with Crippen LogP contribution in [0.25, 0.3) is 11.3 Å². The summed E-state index contributed by atoms with van der Waals surface area (Å²) < 4.78 is 2.23. The zero-order valence-electron chi connectivity index (χ0n) is 17.8. The van der Waals surface area contributed by atoms with Gasteiger partial charge in [0.15, 0.2) is 5.43 Å².